The first-order valence-corrected chi connectivity index (χ1v) is 11.4. The number of carbonyl (C=O) groups excluding carboxylic acids is 2. The Kier molecular flexibility index (Phi) is 8.43. The van der Waals surface area contributed by atoms with Crippen LogP contribution in [0.1, 0.15) is 31.4 Å². The van der Waals surface area contributed by atoms with Crippen molar-refractivity contribution in [2.75, 3.05) is 0 Å². The Bertz CT molecular complexity index is 1130. The molecule has 2 amide bonds. The summed E-state index contributed by atoms with van der Waals surface area (Å²) in [6, 6.07) is 14.1. The average molecular weight is 465 g/mol. The van der Waals surface area contributed by atoms with Crippen LogP contribution in [0.15, 0.2) is 60.8 Å². The lowest BCUT2D eigenvalue weighted by atomic mass is 10.0. The Morgan fingerprint density at radius 2 is 1.56 bits per heavy atom. The Morgan fingerprint density at radius 1 is 0.912 bits per heavy atom. The lowest BCUT2D eigenvalue weighted by Crippen LogP contribution is -2.55. The molecule has 8 nitrogen and oxygen atoms in total. The first-order chi connectivity index (χ1) is 16.2. The molecular formula is C26H32N4O4. The second-order valence-corrected chi connectivity index (χ2v) is 8.95. The zero-order valence-electron chi connectivity index (χ0n) is 19.5. The molecule has 6 N–H and O–H groups in total. The average Bonchev–Trinajstić information content (AvgIpc) is 3.21. The molecular weight excluding hydrogens is 432 g/mol. The molecule has 0 radical (unpaired) electrons. The van der Waals surface area contributed by atoms with Crippen LogP contribution < -0.4 is 16.4 Å². The van der Waals surface area contributed by atoms with E-state index in [2.05, 4.69) is 15.6 Å². The third kappa shape index (κ3) is 6.68. The van der Waals surface area contributed by atoms with Gasteiger partial charge in [0.15, 0.2) is 0 Å². The van der Waals surface area contributed by atoms with Crippen LogP contribution in [-0.4, -0.2) is 46.0 Å². The van der Waals surface area contributed by atoms with Gasteiger partial charge in [-0.15, -0.1) is 0 Å². The lowest BCUT2D eigenvalue weighted by molar-refractivity contribution is -0.142. The second kappa shape index (κ2) is 11.5. The predicted molar refractivity (Wildman–Crippen MR) is 131 cm³/mol. The summed E-state index contributed by atoms with van der Waals surface area (Å²) in [7, 11) is 0. The minimum absolute atomic E-state index is 0.0716. The van der Waals surface area contributed by atoms with Crippen molar-refractivity contribution >= 4 is 28.7 Å². The van der Waals surface area contributed by atoms with Crippen LogP contribution in [0.5, 0.6) is 0 Å². The van der Waals surface area contributed by atoms with Gasteiger partial charge in [0.1, 0.15) is 12.1 Å². The molecule has 3 unspecified atom stereocenters. The van der Waals surface area contributed by atoms with Gasteiger partial charge in [-0.05, 0) is 36.0 Å². The summed E-state index contributed by atoms with van der Waals surface area (Å²) in [4.78, 5) is 40.9. The Labute approximate surface area is 198 Å². The first kappa shape index (κ1) is 25.0. The maximum atomic E-state index is 13.2. The molecule has 0 bridgehead atoms. The van der Waals surface area contributed by atoms with Crippen molar-refractivity contribution in [3.05, 3.63) is 71.9 Å². The van der Waals surface area contributed by atoms with Crippen molar-refractivity contribution in [2.24, 2.45) is 11.7 Å². The van der Waals surface area contributed by atoms with Crippen LogP contribution in [0.3, 0.4) is 0 Å². The van der Waals surface area contributed by atoms with E-state index in [1.165, 1.54) is 0 Å². The topological polar surface area (TPSA) is 137 Å². The van der Waals surface area contributed by atoms with Crippen LogP contribution in [0.4, 0.5) is 0 Å². The molecule has 34 heavy (non-hydrogen) atoms. The normalized spacial score (nSPS) is 13.9. The fraction of sp³-hybridized carbons (Fsp3) is 0.346. The van der Waals surface area contributed by atoms with E-state index in [4.69, 9.17) is 5.73 Å². The van der Waals surface area contributed by atoms with E-state index in [1.54, 1.807) is 6.20 Å². The SMILES string of the molecule is CC(C)CC(NC(=O)C(Cc1c[nH]c2ccccc12)NC(=O)C(N)Cc1ccccc1)C(=O)O. The molecule has 0 fully saturated rings. The molecule has 0 aliphatic rings. The summed E-state index contributed by atoms with van der Waals surface area (Å²) < 4.78 is 0. The van der Waals surface area contributed by atoms with Crippen LogP contribution in [0, 0.1) is 5.92 Å². The number of rotatable bonds is 11. The summed E-state index contributed by atoms with van der Waals surface area (Å²) in [6.07, 6.45) is 2.58. The maximum Gasteiger partial charge on any atom is 0.326 e. The van der Waals surface area contributed by atoms with E-state index < -0.39 is 35.9 Å². The number of aromatic nitrogens is 1. The zero-order valence-corrected chi connectivity index (χ0v) is 19.5. The van der Waals surface area contributed by atoms with Gasteiger partial charge in [0, 0.05) is 23.5 Å². The van der Waals surface area contributed by atoms with E-state index in [0.29, 0.717) is 6.42 Å². The number of benzene rings is 2. The van der Waals surface area contributed by atoms with Crippen molar-refractivity contribution in [3.63, 3.8) is 0 Å². The van der Waals surface area contributed by atoms with Gasteiger partial charge >= 0.3 is 5.97 Å². The molecule has 3 rings (SSSR count). The quantitative estimate of drug-likeness (QED) is 0.297. The maximum absolute atomic E-state index is 13.2. The van der Waals surface area contributed by atoms with Gasteiger partial charge in [-0.1, -0.05) is 62.4 Å². The lowest BCUT2D eigenvalue weighted by Gasteiger charge is -2.23. The Hall–Kier alpha value is -3.65. The monoisotopic (exact) mass is 464 g/mol. The molecule has 0 aliphatic heterocycles. The van der Waals surface area contributed by atoms with Gasteiger partial charge in [0.25, 0.3) is 0 Å². The van der Waals surface area contributed by atoms with Crippen LogP contribution in [0.2, 0.25) is 0 Å². The van der Waals surface area contributed by atoms with Crippen LogP contribution in [0.25, 0.3) is 10.9 Å². The van der Waals surface area contributed by atoms with Crippen LogP contribution in [-0.2, 0) is 27.2 Å². The fourth-order valence-electron chi connectivity index (χ4n) is 3.93. The number of nitrogens with one attached hydrogen (secondary N) is 3. The van der Waals surface area contributed by atoms with Crippen molar-refractivity contribution in [3.8, 4) is 0 Å². The number of carboxylic acids is 1. The number of carbonyl (C=O) groups is 3. The van der Waals surface area contributed by atoms with E-state index in [0.717, 1.165) is 22.0 Å². The number of fused-ring (bicyclic) bond motifs is 1. The number of nitrogens with two attached hydrogens (primary N) is 1. The molecule has 3 atom stereocenters. The molecule has 1 heterocycles. The van der Waals surface area contributed by atoms with E-state index >= 15 is 0 Å². The van der Waals surface area contributed by atoms with Crippen molar-refractivity contribution < 1.29 is 19.5 Å². The number of amides is 2. The standard InChI is InChI=1S/C26H32N4O4/c1-16(2)12-23(26(33)34)30-25(32)22(14-18-15-28-21-11-7-6-10-19(18)21)29-24(31)20(27)13-17-8-4-3-5-9-17/h3-11,15-16,20,22-23,28H,12-14,27H2,1-2H3,(H,29,31)(H,30,32)(H,33,34). The molecule has 0 saturated carbocycles. The van der Waals surface area contributed by atoms with Gasteiger partial charge < -0.3 is 26.5 Å². The summed E-state index contributed by atoms with van der Waals surface area (Å²) >= 11 is 0. The number of carboxylic acid groups (broad SMARTS) is 1. The third-order valence-electron chi connectivity index (χ3n) is 5.69. The van der Waals surface area contributed by atoms with Crippen molar-refractivity contribution in [2.45, 2.75) is 51.2 Å². The smallest absolute Gasteiger partial charge is 0.326 e. The number of hydrogen-bond donors (Lipinski definition) is 5. The number of hydrogen-bond acceptors (Lipinski definition) is 4. The fourth-order valence-corrected chi connectivity index (χ4v) is 3.93. The molecule has 3 aromatic rings. The Morgan fingerprint density at radius 3 is 2.24 bits per heavy atom. The number of H-pyrrole nitrogens is 1. The molecule has 1 aromatic heterocycles. The van der Waals surface area contributed by atoms with Gasteiger partial charge in [0.2, 0.25) is 11.8 Å². The van der Waals surface area contributed by atoms with E-state index in [9.17, 15) is 19.5 Å². The third-order valence-corrected chi connectivity index (χ3v) is 5.69. The molecule has 180 valence electrons. The van der Waals surface area contributed by atoms with Crippen LogP contribution >= 0.6 is 0 Å². The highest BCUT2D eigenvalue weighted by molar-refractivity contribution is 5.93. The van der Waals surface area contributed by atoms with Crippen molar-refractivity contribution in [1.82, 2.24) is 15.6 Å². The summed E-state index contributed by atoms with van der Waals surface area (Å²) in [5.41, 5.74) is 8.79. The number of para-hydroxylation sites is 1. The minimum Gasteiger partial charge on any atom is -0.480 e. The van der Waals surface area contributed by atoms with Crippen molar-refractivity contribution in [1.29, 1.82) is 0 Å². The van der Waals surface area contributed by atoms with Gasteiger partial charge in [-0.3, -0.25) is 9.59 Å². The van der Waals surface area contributed by atoms with E-state index in [-0.39, 0.29) is 18.8 Å². The molecule has 8 heteroatoms. The van der Waals surface area contributed by atoms with Gasteiger partial charge in [-0.25, -0.2) is 4.79 Å². The number of aromatic amines is 1. The zero-order chi connectivity index (χ0) is 24.7. The minimum atomic E-state index is -1.11. The largest absolute Gasteiger partial charge is 0.480 e. The summed E-state index contributed by atoms with van der Waals surface area (Å²) in [5.74, 6) is -2.07. The summed E-state index contributed by atoms with van der Waals surface area (Å²) in [5, 5.41) is 15.8. The Balaban J connectivity index is 1.79. The predicted octanol–water partition coefficient (Wildman–Crippen LogP) is 2.38. The second-order valence-electron chi connectivity index (χ2n) is 8.95. The van der Waals surface area contributed by atoms with E-state index in [1.807, 2.05) is 68.4 Å². The highest BCUT2D eigenvalue weighted by atomic mass is 16.4. The molecule has 2 aromatic carbocycles. The molecule has 0 aliphatic carbocycles. The molecule has 0 spiro atoms. The van der Waals surface area contributed by atoms with Gasteiger partial charge in [-0.2, -0.15) is 0 Å². The first-order valence-electron chi connectivity index (χ1n) is 11.4. The van der Waals surface area contributed by atoms with Gasteiger partial charge in [0.05, 0.1) is 6.04 Å². The highest BCUT2D eigenvalue weighted by Crippen LogP contribution is 2.19. The summed E-state index contributed by atoms with van der Waals surface area (Å²) in [6.45, 7) is 3.77. The number of aliphatic carboxylic acids is 1. The molecule has 0 saturated heterocycles. The highest BCUT2D eigenvalue weighted by Gasteiger charge is 2.29.